The predicted molar refractivity (Wildman–Crippen MR) is 74.9 cm³/mol. The van der Waals surface area contributed by atoms with Gasteiger partial charge in [0.25, 0.3) is 0 Å². The summed E-state index contributed by atoms with van der Waals surface area (Å²) >= 11 is 0. The molecule has 0 aromatic carbocycles. The van der Waals surface area contributed by atoms with Crippen LogP contribution >= 0.6 is 0 Å². The van der Waals surface area contributed by atoms with Crippen LogP contribution in [0.1, 0.15) is 26.7 Å². The maximum Gasteiger partial charge on any atom is 0.186 e. The first kappa shape index (κ1) is 13.7. The maximum atomic E-state index is 9.58. The SMILES string of the molecule is CCC(CC)(CO)CNc1ncnc2nn(C)cc12. The molecular formula is C13H21N5O. The second-order valence-corrected chi connectivity index (χ2v) is 4.98. The molecule has 2 aromatic heterocycles. The number of hydrogen-bond donors (Lipinski definition) is 2. The number of aliphatic hydroxyl groups is 1. The molecule has 0 radical (unpaired) electrons. The predicted octanol–water partition coefficient (Wildman–Crippen LogP) is 1.57. The Hall–Kier alpha value is -1.69. The number of nitrogens with one attached hydrogen (secondary N) is 1. The molecular weight excluding hydrogens is 242 g/mol. The highest BCUT2D eigenvalue weighted by Crippen LogP contribution is 2.27. The summed E-state index contributed by atoms with van der Waals surface area (Å²) in [7, 11) is 1.86. The Bertz CT molecular complexity index is 539. The molecule has 19 heavy (non-hydrogen) atoms. The lowest BCUT2D eigenvalue weighted by molar-refractivity contribution is 0.127. The topological polar surface area (TPSA) is 75.9 Å². The van der Waals surface area contributed by atoms with Crippen LogP contribution in [0.2, 0.25) is 0 Å². The third-order valence-corrected chi connectivity index (χ3v) is 3.90. The summed E-state index contributed by atoms with van der Waals surface area (Å²) in [6.07, 6.45) is 5.26. The Labute approximate surface area is 112 Å². The summed E-state index contributed by atoms with van der Waals surface area (Å²) in [5.41, 5.74) is 0.585. The van der Waals surface area contributed by atoms with Gasteiger partial charge in [0, 0.05) is 25.2 Å². The fraction of sp³-hybridized carbons (Fsp3) is 0.615. The number of fused-ring (bicyclic) bond motifs is 1. The molecule has 0 aliphatic heterocycles. The van der Waals surface area contributed by atoms with Crippen molar-refractivity contribution in [3.8, 4) is 0 Å². The molecule has 0 unspecified atom stereocenters. The Balaban J connectivity index is 2.22. The fourth-order valence-corrected chi connectivity index (χ4v) is 2.14. The molecule has 0 saturated carbocycles. The molecule has 2 heterocycles. The minimum atomic E-state index is -0.0977. The molecule has 0 aliphatic carbocycles. The van der Waals surface area contributed by atoms with E-state index in [4.69, 9.17) is 0 Å². The minimum Gasteiger partial charge on any atom is -0.396 e. The average Bonchev–Trinajstić information content (AvgIpc) is 2.82. The largest absolute Gasteiger partial charge is 0.396 e. The van der Waals surface area contributed by atoms with E-state index in [9.17, 15) is 5.11 Å². The zero-order valence-corrected chi connectivity index (χ0v) is 11.7. The van der Waals surface area contributed by atoms with Crippen molar-refractivity contribution in [3.63, 3.8) is 0 Å². The van der Waals surface area contributed by atoms with Gasteiger partial charge in [0.15, 0.2) is 5.65 Å². The van der Waals surface area contributed by atoms with Gasteiger partial charge in [0.05, 0.1) is 12.0 Å². The molecule has 104 valence electrons. The van der Waals surface area contributed by atoms with E-state index in [0.717, 1.165) is 24.0 Å². The molecule has 0 amide bonds. The van der Waals surface area contributed by atoms with Crippen molar-refractivity contribution in [2.45, 2.75) is 26.7 Å². The molecule has 0 bridgehead atoms. The van der Waals surface area contributed by atoms with Crippen LogP contribution in [-0.4, -0.2) is 38.0 Å². The number of aromatic nitrogens is 4. The van der Waals surface area contributed by atoms with Crippen LogP contribution in [0.3, 0.4) is 0 Å². The van der Waals surface area contributed by atoms with Gasteiger partial charge in [-0.2, -0.15) is 5.10 Å². The number of hydrogen-bond acceptors (Lipinski definition) is 5. The van der Waals surface area contributed by atoms with Crippen molar-refractivity contribution in [2.24, 2.45) is 12.5 Å². The zero-order chi connectivity index (χ0) is 13.9. The number of anilines is 1. The summed E-state index contributed by atoms with van der Waals surface area (Å²) in [4.78, 5) is 8.40. The van der Waals surface area contributed by atoms with Crippen molar-refractivity contribution in [3.05, 3.63) is 12.5 Å². The zero-order valence-electron chi connectivity index (χ0n) is 11.7. The maximum absolute atomic E-state index is 9.58. The van der Waals surface area contributed by atoms with Crippen LogP contribution in [0.25, 0.3) is 11.0 Å². The van der Waals surface area contributed by atoms with E-state index in [2.05, 4.69) is 34.2 Å². The van der Waals surface area contributed by atoms with Crippen LogP contribution in [-0.2, 0) is 7.05 Å². The fourth-order valence-electron chi connectivity index (χ4n) is 2.14. The number of aryl methyl sites for hydroxylation is 1. The van der Waals surface area contributed by atoms with Gasteiger partial charge >= 0.3 is 0 Å². The molecule has 2 rings (SSSR count). The molecule has 6 nitrogen and oxygen atoms in total. The average molecular weight is 263 g/mol. The highest BCUT2D eigenvalue weighted by molar-refractivity contribution is 5.85. The number of aliphatic hydroxyl groups excluding tert-OH is 1. The lowest BCUT2D eigenvalue weighted by Gasteiger charge is -2.29. The Morgan fingerprint density at radius 3 is 2.68 bits per heavy atom. The van der Waals surface area contributed by atoms with E-state index in [1.165, 1.54) is 6.33 Å². The Morgan fingerprint density at radius 2 is 2.05 bits per heavy atom. The monoisotopic (exact) mass is 263 g/mol. The van der Waals surface area contributed by atoms with Crippen molar-refractivity contribution in [1.82, 2.24) is 19.7 Å². The second-order valence-electron chi connectivity index (χ2n) is 4.98. The van der Waals surface area contributed by atoms with Gasteiger partial charge in [-0.15, -0.1) is 0 Å². The highest BCUT2D eigenvalue weighted by Gasteiger charge is 2.25. The highest BCUT2D eigenvalue weighted by atomic mass is 16.3. The van der Waals surface area contributed by atoms with Crippen molar-refractivity contribution in [1.29, 1.82) is 0 Å². The first-order valence-electron chi connectivity index (χ1n) is 6.63. The molecule has 2 N–H and O–H groups in total. The van der Waals surface area contributed by atoms with Crippen LogP contribution in [0.4, 0.5) is 5.82 Å². The van der Waals surface area contributed by atoms with Gasteiger partial charge in [-0.05, 0) is 12.8 Å². The van der Waals surface area contributed by atoms with Crippen LogP contribution in [0.15, 0.2) is 12.5 Å². The summed E-state index contributed by atoms with van der Waals surface area (Å²) in [6, 6.07) is 0. The number of nitrogens with zero attached hydrogens (tertiary/aromatic N) is 4. The lowest BCUT2D eigenvalue weighted by atomic mass is 9.83. The standard InChI is InChI=1S/C13H21N5O/c1-4-13(5-2,8-19)7-14-11-10-6-18(3)17-12(10)16-9-15-11/h6,9,19H,4-5,7-8H2,1-3H3,(H,14,15,16,17). The van der Waals surface area contributed by atoms with Gasteiger partial charge in [0.1, 0.15) is 12.1 Å². The molecule has 0 fully saturated rings. The molecule has 0 aliphatic rings. The van der Waals surface area contributed by atoms with Crippen LogP contribution in [0, 0.1) is 5.41 Å². The van der Waals surface area contributed by atoms with Gasteiger partial charge in [-0.25, -0.2) is 9.97 Å². The molecule has 0 saturated heterocycles. The molecule has 2 aromatic rings. The summed E-state index contributed by atoms with van der Waals surface area (Å²) < 4.78 is 1.73. The van der Waals surface area contributed by atoms with Crippen LogP contribution < -0.4 is 5.32 Å². The third-order valence-electron chi connectivity index (χ3n) is 3.90. The van der Waals surface area contributed by atoms with Crippen molar-refractivity contribution in [2.75, 3.05) is 18.5 Å². The van der Waals surface area contributed by atoms with Crippen molar-refractivity contribution < 1.29 is 5.11 Å². The quantitative estimate of drug-likeness (QED) is 0.827. The molecule has 0 spiro atoms. The lowest BCUT2D eigenvalue weighted by Crippen LogP contribution is -2.32. The van der Waals surface area contributed by atoms with E-state index in [-0.39, 0.29) is 12.0 Å². The first-order chi connectivity index (χ1) is 9.14. The van der Waals surface area contributed by atoms with E-state index in [0.29, 0.717) is 12.2 Å². The van der Waals surface area contributed by atoms with Crippen molar-refractivity contribution >= 4 is 16.9 Å². The van der Waals surface area contributed by atoms with E-state index in [1.54, 1.807) is 4.68 Å². The normalized spacial score (nSPS) is 12.0. The van der Waals surface area contributed by atoms with Gasteiger partial charge in [0.2, 0.25) is 0 Å². The summed E-state index contributed by atoms with van der Waals surface area (Å²) in [5, 5.41) is 18.1. The van der Waals surface area contributed by atoms with Gasteiger partial charge < -0.3 is 10.4 Å². The smallest absolute Gasteiger partial charge is 0.186 e. The summed E-state index contributed by atoms with van der Waals surface area (Å²) in [5.74, 6) is 0.776. The second kappa shape index (κ2) is 5.52. The van der Waals surface area contributed by atoms with E-state index in [1.807, 2.05) is 13.2 Å². The number of rotatable bonds is 6. The van der Waals surface area contributed by atoms with E-state index < -0.39 is 0 Å². The van der Waals surface area contributed by atoms with E-state index >= 15 is 0 Å². The van der Waals surface area contributed by atoms with Gasteiger partial charge in [-0.3, -0.25) is 4.68 Å². The molecule has 6 heteroatoms. The molecule has 0 atom stereocenters. The Morgan fingerprint density at radius 1 is 1.32 bits per heavy atom. The Kier molecular flexibility index (Phi) is 3.99. The minimum absolute atomic E-state index is 0.0977. The summed E-state index contributed by atoms with van der Waals surface area (Å²) in [6.45, 7) is 5.06. The third kappa shape index (κ3) is 2.68. The van der Waals surface area contributed by atoms with Gasteiger partial charge in [-0.1, -0.05) is 13.8 Å². The van der Waals surface area contributed by atoms with Crippen LogP contribution in [0.5, 0.6) is 0 Å². The first-order valence-corrected chi connectivity index (χ1v) is 6.63.